The van der Waals surface area contributed by atoms with Crippen LogP contribution in [0.25, 0.3) is 6.08 Å². The van der Waals surface area contributed by atoms with E-state index in [0.717, 1.165) is 0 Å². The van der Waals surface area contributed by atoms with Gasteiger partial charge in [0.2, 0.25) is 0 Å². The van der Waals surface area contributed by atoms with Crippen LogP contribution >= 0.6 is 15.9 Å². The molecule has 0 bridgehead atoms. The number of aliphatic hydroxyl groups excluding tert-OH is 1. The number of benzene rings is 2. The van der Waals surface area contributed by atoms with Gasteiger partial charge in [0.25, 0.3) is 17.5 Å². The van der Waals surface area contributed by atoms with E-state index in [4.69, 9.17) is 5.11 Å². The molecule has 8 nitrogen and oxygen atoms in total. The summed E-state index contributed by atoms with van der Waals surface area (Å²) in [5, 5.41) is 24.7. The molecule has 0 saturated heterocycles. The van der Waals surface area contributed by atoms with E-state index < -0.39 is 16.7 Å². The maximum absolute atomic E-state index is 12.4. The Labute approximate surface area is 163 Å². The summed E-state index contributed by atoms with van der Waals surface area (Å²) >= 11 is 3.27. The lowest BCUT2D eigenvalue weighted by molar-refractivity contribution is -0.384. The van der Waals surface area contributed by atoms with Crippen molar-refractivity contribution in [2.45, 2.75) is 0 Å². The molecule has 0 aliphatic heterocycles. The quantitative estimate of drug-likeness (QED) is 0.351. The molecule has 0 heterocycles. The molecule has 0 saturated carbocycles. The van der Waals surface area contributed by atoms with Gasteiger partial charge in [-0.2, -0.15) is 0 Å². The summed E-state index contributed by atoms with van der Waals surface area (Å²) in [6, 6.07) is 12.2. The van der Waals surface area contributed by atoms with E-state index >= 15 is 0 Å². The molecule has 2 amide bonds. The minimum atomic E-state index is -0.626. The lowest BCUT2D eigenvalue weighted by Gasteiger charge is -2.11. The van der Waals surface area contributed by atoms with Crippen molar-refractivity contribution in [3.63, 3.8) is 0 Å². The molecule has 0 unspecified atom stereocenters. The molecule has 2 aromatic carbocycles. The first kappa shape index (κ1) is 20.3. The SMILES string of the molecule is O=C(NCCO)/C(=C\c1cccc([N+](=O)[O-])c1)NC(=O)c1cccc(Br)c1. The average Bonchev–Trinajstić information content (AvgIpc) is 2.65. The number of amides is 2. The number of nitrogens with zero attached hydrogens (tertiary/aromatic N) is 1. The maximum Gasteiger partial charge on any atom is 0.270 e. The Hall–Kier alpha value is -3.04. The zero-order valence-electron chi connectivity index (χ0n) is 14.0. The highest BCUT2D eigenvalue weighted by atomic mass is 79.9. The maximum atomic E-state index is 12.4. The van der Waals surface area contributed by atoms with Gasteiger partial charge in [-0.25, -0.2) is 0 Å². The fraction of sp³-hybridized carbons (Fsp3) is 0.111. The van der Waals surface area contributed by atoms with Crippen molar-refractivity contribution in [2.75, 3.05) is 13.2 Å². The number of hydrogen-bond acceptors (Lipinski definition) is 5. The van der Waals surface area contributed by atoms with Gasteiger partial charge in [0, 0.05) is 28.7 Å². The number of nitro groups is 1. The first-order valence-electron chi connectivity index (χ1n) is 7.83. The molecule has 0 atom stereocenters. The van der Waals surface area contributed by atoms with Gasteiger partial charge >= 0.3 is 0 Å². The highest BCUT2D eigenvalue weighted by Gasteiger charge is 2.15. The Bertz CT molecular complexity index is 898. The van der Waals surface area contributed by atoms with Crippen LogP contribution < -0.4 is 10.6 Å². The van der Waals surface area contributed by atoms with Crippen LogP contribution in [0.15, 0.2) is 58.7 Å². The van der Waals surface area contributed by atoms with Crippen molar-refractivity contribution in [1.29, 1.82) is 0 Å². The lowest BCUT2D eigenvalue weighted by atomic mass is 10.1. The summed E-state index contributed by atoms with van der Waals surface area (Å²) in [7, 11) is 0. The summed E-state index contributed by atoms with van der Waals surface area (Å²) in [6.07, 6.45) is 1.33. The van der Waals surface area contributed by atoms with Gasteiger partial charge in [0.15, 0.2) is 0 Å². The van der Waals surface area contributed by atoms with Gasteiger partial charge in [0.1, 0.15) is 5.70 Å². The van der Waals surface area contributed by atoms with Crippen molar-refractivity contribution < 1.29 is 19.6 Å². The van der Waals surface area contributed by atoms with E-state index in [2.05, 4.69) is 26.6 Å². The van der Waals surface area contributed by atoms with Crippen molar-refractivity contribution in [1.82, 2.24) is 10.6 Å². The number of nitrogens with one attached hydrogen (secondary N) is 2. The Morgan fingerprint density at radius 1 is 1.19 bits per heavy atom. The minimum Gasteiger partial charge on any atom is -0.395 e. The Morgan fingerprint density at radius 3 is 2.59 bits per heavy atom. The van der Waals surface area contributed by atoms with Gasteiger partial charge in [-0.3, -0.25) is 19.7 Å². The van der Waals surface area contributed by atoms with E-state index in [0.29, 0.717) is 15.6 Å². The van der Waals surface area contributed by atoms with Crippen LogP contribution in [0.3, 0.4) is 0 Å². The third-order valence-corrected chi connectivity index (χ3v) is 3.86. The second-order valence-corrected chi connectivity index (χ2v) is 6.27. The molecular formula is C18H16BrN3O5. The van der Waals surface area contributed by atoms with E-state index in [9.17, 15) is 19.7 Å². The van der Waals surface area contributed by atoms with Crippen LogP contribution in [0.4, 0.5) is 5.69 Å². The summed E-state index contributed by atoms with van der Waals surface area (Å²) in [5.74, 6) is -1.15. The van der Waals surface area contributed by atoms with Crippen molar-refractivity contribution in [3.05, 3.63) is 79.9 Å². The number of carbonyl (C=O) groups is 2. The third-order valence-electron chi connectivity index (χ3n) is 3.37. The molecule has 9 heteroatoms. The lowest BCUT2D eigenvalue weighted by Crippen LogP contribution is -2.36. The monoisotopic (exact) mass is 433 g/mol. The summed E-state index contributed by atoms with van der Waals surface area (Å²) in [4.78, 5) is 35.1. The molecule has 0 spiro atoms. The second-order valence-electron chi connectivity index (χ2n) is 5.35. The number of halogens is 1. The highest BCUT2D eigenvalue weighted by molar-refractivity contribution is 9.10. The van der Waals surface area contributed by atoms with E-state index in [1.165, 1.54) is 24.3 Å². The first-order chi connectivity index (χ1) is 12.9. The molecule has 0 fully saturated rings. The predicted octanol–water partition coefficient (Wildman–Crippen LogP) is 2.24. The van der Waals surface area contributed by atoms with Gasteiger partial charge in [-0.05, 0) is 29.8 Å². The average molecular weight is 434 g/mol. The first-order valence-corrected chi connectivity index (χ1v) is 8.62. The van der Waals surface area contributed by atoms with E-state index in [-0.39, 0.29) is 24.5 Å². The van der Waals surface area contributed by atoms with E-state index in [1.807, 2.05) is 0 Å². The molecule has 0 aromatic heterocycles. The highest BCUT2D eigenvalue weighted by Crippen LogP contribution is 2.16. The number of rotatable bonds is 7. The number of hydrogen-bond donors (Lipinski definition) is 3. The van der Waals surface area contributed by atoms with Crippen LogP contribution in [0.2, 0.25) is 0 Å². The van der Waals surface area contributed by atoms with Gasteiger partial charge < -0.3 is 15.7 Å². The van der Waals surface area contributed by atoms with Gasteiger partial charge in [0.05, 0.1) is 11.5 Å². The van der Waals surface area contributed by atoms with Gasteiger partial charge in [-0.1, -0.05) is 34.1 Å². The fourth-order valence-electron chi connectivity index (χ4n) is 2.14. The zero-order chi connectivity index (χ0) is 19.8. The summed E-state index contributed by atoms with van der Waals surface area (Å²) in [6.45, 7) is -0.271. The third kappa shape index (κ3) is 6.01. The van der Waals surface area contributed by atoms with Crippen LogP contribution in [0.1, 0.15) is 15.9 Å². The molecule has 0 aliphatic rings. The number of nitro benzene ring substituents is 1. The Balaban J connectivity index is 2.33. The largest absolute Gasteiger partial charge is 0.395 e. The van der Waals surface area contributed by atoms with Crippen LogP contribution in [-0.2, 0) is 4.79 Å². The molecule has 0 radical (unpaired) electrons. The summed E-state index contributed by atoms with van der Waals surface area (Å²) in [5.41, 5.74) is 0.447. The van der Waals surface area contributed by atoms with Crippen LogP contribution in [0.5, 0.6) is 0 Å². The molecular weight excluding hydrogens is 418 g/mol. The predicted molar refractivity (Wildman–Crippen MR) is 103 cm³/mol. The molecule has 3 N–H and O–H groups in total. The number of carbonyl (C=O) groups excluding carboxylic acids is 2. The Kier molecular flexibility index (Phi) is 7.21. The van der Waals surface area contributed by atoms with Crippen molar-refractivity contribution >= 4 is 39.5 Å². The topological polar surface area (TPSA) is 122 Å². The standard InChI is InChI=1S/C18H16BrN3O5/c19-14-5-2-4-13(11-14)17(24)21-16(18(25)20-7-8-23)10-12-3-1-6-15(9-12)22(26)27/h1-6,9-11,23H,7-8H2,(H,20,25)(H,21,24)/b16-10+. The molecule has 2 rings (SSSR count). The minimum absolute atomic E-state index is 0.00212. The van der Waals surface area contributed by atoms with Gasteiger partial charge in [-0.15, -0.1) is 0 Å². The van der Waals surface area contributed by atoms with E-state index in [1.54, 1.807) is 30.3 Å². The fourth-order valence-corrected chi connectivity index (χ4v) is 2.54. The molecule has 140 valence electrons. The summed E-state index contributed by atoms with van der Waals surface area (Å²) < 4.78 is 0.698. The van der Waals surface area contributed by atoms with Crippen LogP contribution in [0, 0.1) is 10.1 Å². The zero-order valence-corrected chi connectivity index (χ0v) is 15.6. The number of non-ortho nitro benzene ring substituents is 1. The van der Waals surface area contributed by atoms with Crippen molar-refractivity contribution in [3.8, 4) is 0 Å². The normalized spacial score (nSPS) is 11.0. The smallest absolute Gasteiger partial charge is 0.270 e. The second kappa shape index (κ2) is 9.60. The van der Waals surface area contributed by atoms with Crippen LogP contribution in [-0.4, -0.2) is 35.0 Å². The Morgan fingerprint density at radius 2 is 1.93 bits per heavy atom. The molecule has 2 aromatic rings. The number of aliphatic hydroxyl groups is 1. The molecule has 0 aliphatic carbocycles. The van der Waals surface area contributed by atoms with Crippen molar-refractivity contribution in [2.24, 2.45) is 0 Å². The molecule has 27 heavy (non-hydrogen) atoms.